The van der Waals surface area contributed by atoms with Gasteiger partial charge in [-0.3, -0.25) is 0 Å². The van der Waals surface area contributed by atoms with E-state index in [1.54, 1.807) is 16.8 Å². The summed E-state index contributed by atoms with van der Waals surface area (Å²) in [6.45, 7) is 2.01. The first-order valence-corrected chi connectivity index (χ1v) is 6.87. The minimum atomic E-state index is 0.492. The van der Waals surface area contributed by atoms with Crippen LogP contribution in [-0.2, 0) is 0 Å². The molecule has 0 saturated heterocycles. The molecular weight excluding hydrogens is 265 g/mol. The minimum absolute atomic E-state index is 0.492. The summed E-state index contributed by atoms with van der Waals surface area (Å²) in [6.07, 6.45) is 3.80. The van der Waals surface area contributed by atoms with Crippen molar-refractivity contribution in [3.05, 3.63) is 10.4 Å². The summed E-state index contributed by atoms with van der Waals surface area (Å²) in [5, 5.41) is 0. The summed E-state index contributed by atoms with van der Waals surface area (Å²) in [5.41, 5.74) is 3.07. The van der Waals surface area contributed by atoms with Gasteiger partial charge in [0.25, 0.3) is 0 Å². The molecule has 88 valence electrons. The van der Waals surface area contributed by atoms with Gasteiger partial charge in [0.15, 0.2) is 5.82 Å². The number of aryl methyl sites for hydroxylation is 1. The van der Waals surface area contributed by atoms with E-state index in [2.05, 4.69) is 26.6 Å². The lowest BCUT2D eigenvalue weighted by atomic mass is 10.4. The molecule has 1 saturated carbocycles. The van der Waals surface area contributed by atoms with Gasteiger partial charge in [0.1, 0.15) is 5.84 Å². The Hall–Kier alpha value is -0.450. The van der Waals surface area contributed by atoms with Crippen molar-refractivity contribution in [1.82, 2.24) is 4.98 Å². The Morgan fingerprint density at radius 2 is 2.25 bits per heavy atom. The van der Waals surface area contributed by atoms with Crippen molar-refractivity contribution >= 4 is 51.9 Å². The Kier molecular flexibility index (Phi) is 5.95. The minimum Gasteiger partial charge on any atom is -0.229 e. The van der Waals surface area contributed by atoms with Gasteiger partial charge in [-0.2, -0.15) is 0 Å². The molecule has 0 aromatic carbocycles. The van der Waals surface area contributed by atoms with Gasteiger partial charge in [0.2, 0.25) is 0 Å². The molecule has 1 aromatic heterocycles. The zero-order valence-electron chi connectivity index (χ0n) is 9.15. The van der Waals surface area contributed by atoms with Crippen LogP contribution in [0.5, 0.6) is 0 Å². The number of aliphatic imine (C=N–C) groups is 2. The summed E-state index contributed by atoms with van der Waals surface area (Å²) in [4.78, 5) is 13.7. The van der Waals surface area contributed by atoms with Crippen molar-refractivity contribution in [3.63, 3.8) is 0 Å². The molecule has 0 unspecified atom stereocenters. The van der Waals surface area contributed by atoms with E-state index in [9.17, 15) is 0 Å². The number of hydrogen-bond donors (Lipinski definition) is 0. The first-order chi connectivity index (χ1) is 7.81. The van der Waals surface area contributed by atoms with Gasteiger partial charge in [-0.25, -0.2) is 15.0 Å². The van der Waals surface area contributed by atoms with Crippen LogP contribution in [0.2, 0.25) is 0 Å². The Bertz CT molecular complexity index is 383. The quantitative estimate of drug-likeness (QED) is 0.457. The van der Waals surface area contributed by atoms with Gasteiger partial charge in [-0.1, -0.05) is 11.6 Å². The lowest BCUT2D eigenvalue weighted by molar-refractivity contribution is 1.14. The number of hydrogen-bond acceptors (Lipinski definition) is 3. The van der Waals surface area contributed by atoms with Crippen LogP contribution >= 0.6 is 34.5 Å². The summed E-state index contributed by atoms with van der Waals surface area (Å²) < 4.78 is 0. The van der Waals surface area contributed by atoms with Gasteiger partial charge in [-0.05, 0) is 19.8 Å². The Morgan fingerprint density at radius 3 is 2.69 bits per heavy atom. The molecule has 0 amide bonds. The number of alkyl halides is 1. The average Bonchev–Trinajstić information content (AvgIpc) is 3.07. The highest BCUT2D eigenvalue weighted by atomic mass is 35.5. The van der Waals surface area contributed by atoms with Crippen LogP contribution in [0, 0.1) is 12.8 Å². The molecule has 1 heterocycles. The predicted molar refractivity (Wildman–Crippen MR) is 72.8 cm³/mol. The standard InChI is InChI=1S/C9H10ClN3S.CH3Cl/c1-6-8(12-5-14-6)13-9(11-4-10)7-2-3-7;1-2/h4-5,7H,2-3H2,1H3;1H3/b11-4?,13-9-;. The molecule has 1 fully saturated rings. The number of aromatic nitrogens is 1. The van der Waals surface area contributed by atoms with Gasteiger partial charge in [0.05, 0.1) is 11.2 Å². The highest BCUT2D eigenvalue weighted by molar-refractivity contribution is 7.10. The van der Waals surface area contributed by atoms with Gasteiger partial charge >= 0.3 is 0 Å². The average molecular weight is 278 g/mol. The van der Waals surface area contributed by atoms with Crippen molar-refractivity contribution < 1.29 is 0 Å². The largest absolute Gasteiger partial charge is 0.229 e. The van der Waals surface area contributed by atoms with E-state index in [1.807, 2.05) is 6.92 Å². The van der Waals surface area contributed by atoms with E-state index < -0.39 is 0 Å². The lowest BCUT2D eigenvalue weighted by Gasteiger charge is -1.95. The van der Waals surface area contributed by atoms with E-state index in [4.69, 9.17) is 11.6 Å². The summed E-state index contributed by atoms with van der Waals surface area (Å²) in [7, 11) is 0. The molecule has 0 radical (unpaired) electrons. The second-order valence-electron chi connectivity index (χ2n) is 3.20. The van der Waals surface area contributed by atoms with Crippen molar-refractivity contribution in [2.45, 2.75) is 19.8 Å². The molecule has 1 aromatic rings. The molecule has 0 aliphatic heterocycles. The fourth-order valence-corrected chi connectivity index (χ4v) is 1.75. The normalized spacial score (nSPS) is 16.1. The fraction of sp³-hybridized carbons (Fsp3) is 0.500. The number of amidine groups is 1. The second kappa shape index (κ2) is 6.99. The smallest absolute Gasteiger partial charge is 0.167 e. The van der Waals surface area contributed by atoms with Crippen molar-refractivity contribution in [2.75, 3.05) is 6.38 Å². The first kappa shape index (κ1) is 13.6. The van der Waals surface area contributed by atoms with Gasteiger partial charge < -0.3 is 0 Å². The van der Waals surface area contributed by atoms with Crippen LogP contribution in [0.15, 0.2) is 15.5 Å². The topological polar surface area (TPSA) is 37.6 Å². The van der Waals surface area contributed by atoms with E-state index in [0.717, 1.165) is 29.4 Å². The number of halogens is 2. The van der Waals surface area contributed by atoms with E-state index in [0.29, 0.717) is 5.92 Å². The molecule has 3 nitrogen and oxygen atoms in total. The zero-order valence-corrected chi connectivity index (χ0v) is 11.5. The van der Waals surface area contributed by atoms with Crippen molar-refractivity contribution in [1.29, 1.82) is 0 Å². The first-order valence-electron chi connectivity index (χ1n) is 4.80. The number of rotatable bonds is 2. The molecule has 0 spiro atoms. The molecule has 6 heteroatoms. The zero-order chi connectivity index (χ0) is 12.0. The van der Waals surface area contributed by atoms with Crippen LogP contribution < -0.4 is 0 Å². The molecule has 2 rings (SSSR count). The van der Waals surface area contributed by atoms with E-state index in [-0.39, 0.29) is 0 Å². The van der Waals surface area contributed by atoms with Crippen LogP contribution in [0.1, 0.15) is 17.7 Å². The monoisotopic (exact) mass is 277 g/mol. The lowest BCUT2D eigenvalue weighted by Crippen LogP contribution is -1.95. The van der Waals surface area contributed by atoms with Crippen LogP contribution in [-0.4, -0.2) is 22.9 Å². The van der Waals surface area contributed by atoms with Crippen molar-refractivity contribution in [2.24, 2.45) is 15.9 Å². The number of nitrogens with zero attached hydrogens (tertiary/aromatic N) is 3. The Balaban J connectivity index is 0.000000606. The third-order valence-corrected chi connectivity index (χ3v) is 2.91. The molecule has 1 aliphatic rings. The highest BCUT2D eigenvalue weighted by Crippen LogP contribution is 2.33. The SMILES string of the molecule is CCl.Cc1scnc1/N=C(\N=CCl)C1CC1. The van der Waals surface area contributed by atoms with Crippen molar-refractivity contribution in [3.8, 4) is 0 Å². The second-order valence-corrected chi connectivity index (χ2v) is 4.46. The molecule has 0 atom stereocenters. The van der Waals surface area contributed by atoms with E-state index in [1.165, 1.54) is 12.1 Å². The molecule has 0 bridgehead atoms. The third-order valence-electron chi connectivity index (χ3n) is 2.06. The Labute approximate surface area is 109 Å². The maximum atomic E-state index is 5.46. The maximum absolute atomic E-state index is 5.46. The molecule has 1 aliphatic carbocycles. The fourth-order valence-electron chi connectivity index (χ4n) is 1.13. The van der Waals surface area contributed by atoms with Gasteiger partial charge in [0, 0.05) is 17.2 Å². The Morgan fingerprint density at radius 1 is 1.56 bits per heavy atom. The highest BCUT2D eigenvalue weighted by Gasteiger charge is 2.27. The van der Waals surface area contributed by atoms with Crippen LogP contribution in [0.25, 0.3) is 0 Å². The summed E-state index contributed by atoms with van der Waals surface area (Å²) >= 11 is 11.7. The number of thiazole rings is 1. The van der Waals surface area contributed by atoms with Crippen LogP contribution in [0.4, 0.5) is 5.82 Å². The maximum Gasteiger partial charge on any atom is 0.167 e. The summed E-state index contributed by atoms with van der Waals surface area (Å²) in [5.74, 6) is 2.08. The molecule has 0 N–H and O–H groups in total. The van der Waals surface area contributed by atoms with Crippen LogP contribution in [0.3, 0.4) is 0 Å². The third kappa shape index (κ3) is 3.85. The van der Waals surface area contributed by atoms with E-state index >= 15 is 0 Å². The van der Waals surface area contributed by atoms with Gasteiger partial charge in [-0.15, -0.1) is 22.9 Å². The predicted octanol–water partition coefficient (Wildman–Crippen LogP) is 4.01. The molecule has 16 heavy (non-hydrogen) atoms. The summed E-state index contributed by atoms with van der Waals surface area (Å²) in [6, 6.07) is 0. The molecular formula is C10H13Cl2N3S.